The summed E-state index contributed by atoms with van der Waals surface area (Å²) in [6.07, 6.45) is 2.68. The molecule has 0 spiro atoms. The van der Waals surface area contributed by atoms with Crippen molar-refractivity contribution in [1.29, 1.82) is 0 Å². The Morgan fingerprint density at radius 2 is 2.12 bits per heavy atom. The molecule has 0 saturated carbocycles. The molecule has 5 nitrogen and oxygen atoms in total. The molecule has 0 aromatic heterocycles. The fourth-order valence-corrected chi connectivity index (χ4v) is 2.11. The van der Waals surface area contributed by atoms with Gasteiger partial charge in [0.15, 0.2) is 0 Å². The molecule has 1 aliphatic heterocycles. The number of aliphatic carboxylic acids is 1. The van der Waals surface area contributed by atoms with E-state index >= 15 is 0 Å². The minimum absolute atomic E-state index is 0.0704. The molecule has 0 aliphatic carbocycles. The normalized spacial score (nSPS) is 25.5. The van der Waals surface area contributed by atoms with E-state index in [-0.39, 0.29) is 5.91 Å². The Kier molecular flexibility index (Phi) is 4.29. The van der Waals surface area contributed by atoms with Gasteiger partial charge >= 0.3 is 5.97 Å². The largest absolute Gasteiger partial charge is 0.480 e. The number of nitrogens with zero attached hydrogens (tertiary/aromatic N) is 1. The summed E-state index contributed by atoms with van der Waals surface area (Å²) in [7, 11) is 1.78. The van der Waals surface area contributed by atoms with Crippen LogP contribution < -0.4 is 5.32 Å². The molecule has 0 bridgehead atoms. The number of likely N-dealkylation sites (tertiary alicyclic amines) is 1. The molecular weight excluding hydrogens is 208 g/mol. The van der Waals surface area contributed by atoms with Crippen molar-refractivity contribution in [3.05, 3.63) is 0 Å². The highest BCUT2D eigenvalue weighted by molar-refractivity contribution is 5.87. The number of amides is 1. The van der Waals surface area contributed by atoms with Gasteiger partial charge in [-0.2, -0.15) is 0 Å². The van der Waals surface area contributed by atoms with Crippen LogP contribution in [-0.2, 0) is 9.59 Å². The zero-order valence-electron chi connectivity index (χ0n) is 9.95. The van der Waals surface area contributed by atoms with Gasteiger partial charge < -0.3 is 15.3 Å². The standard InChI is InChI=1S/C11H20N2O3/c1-11(10(15)16)6-3-4-8-13(11)9(14)5-7-12-2/h12H,3-8H2,1-2H3,(H,15,16). The van der Waals surface area contributed by atoms with Crippen LogP contribution in [0.15, 0.2) is 0 Å². The molecule has 1 amide bonds. The van der Waals surface area contributed by atoms with Gasteiger partial charge in [0.2, 0.25) is 5.91 Å². The van der Waals surface area contributed by atoms with Gasteiger partial charge in [-0.15, -0.1) is 0 Å². The van der Waals surface area contributed by atoms with Crippen LogP contribution in [-0.4, -0.2) is 47.6 Å². The summed E-state index contributed by atoms with van der Waals surface area (Å²) in [4.78, 5) is 24.7. The molecule has 0 aromatic carbocycles. The van der Waals surface area contributed by atoms with Crippen molar-refractivity contribution in [1.82, 2.24) is 10.2 Å². The van der Waals surface area contributed by atoms with E-state index < -0.39 is 11.5 Å². The predicted octanol–water partition coefficient (Wildman–Crippen LogP) is 0.452. The van der Waals surface area contributed by atoms with Crippen molar-refractivity contribution in [3.63, 3.8) is 0 Å². The van der Waals surface area contributed by atoms with Gasteiger partial charge in [0.25, 0.3) is 0 Å². The molecule has 0 radical (unpaired) electrons. The Morgan fingerprint density at radius 1 is 1.44 bits per heavy atom. The van der Waals surface area contributed by atoms with Gasteiger partial charge in [0, 0.05) is 19.5 Å². The predicted molar refractivity (Wildman–Crippen MR) is 60.1 cm³/mol. The summed E-state index contributed by atoms with van der Waals surface area (Å²) < 4.78 is 0. The Hall–Kier alpha value is -1.10. The van der Waals surface area contributed by atoms with Gasteiger partial charge in [-0.25, -0.2) is 4.79 Å². The third-order valence-corrected chi connectivity index (χ3v) is 3.24. The smallest absolute Gasteiger partial charge is 0.329 e. The minimum Gasteiger partial charge on any atom is -0.480 e. The highest BCUT2D eigenvalue weighted by Gasteiger charge is 2.43. The fourth-order valence-electron chi connectivity index (χ4n) is 2.11. The van der Waals surface area contributed by atoms with Crippen LogP contribution in [0.1, 0.15) is 32.6 Å². The second-order valence-electron chi connectivity index (χ2n) is 4.44. The molecule has 1 heterocycles. The lowest BCUT2D eigenvalue weighted by Crippen LogP contribution is -2.57. The topological polar surface area (TPSA) is 69.6 Å². The average molecular weight is 228 g/mol. The van der Waals surface area contributed by atoms with Gasteiger partial charge in [0.05, 0.1) is 0 Å². The van der Waals surface area contributed by atoms with Gasteiger partial charge in [0.1, 0.15) is 5.54 Å². The number of carbonyl (C=O) groups is 2. The number of hydrogen-bond acceptors (Lipinski definition) is 3. The summed E-state index contributed by atoms with van der Waals surface area (Å²) in [6, 6.07) is 0. The van der Waals surface area contributed by atoms with Gasteiger partial charge in [-0.3, -0.25) is 4.79 Å². The van der Waals surface area contributed by atoms with Crippen molar-refractivity contribution in [2.24, 2.45) is 0 Å². The summed E-state index contributed by atoms with van der Waals surface area (Å²) >= 11 is 0. The van der Waals surface area contributed by atoms with Crippen molar-refractivity contribution in [2.45, 2.75) is 38.1 Å². The lowest BCUT2D eigenvalue weighted by atomic mass is 9.88. The lowest BCUT2D eigenvalue weighted by molar-refractivity contribution is -0.160. The first-order valence-electron chi connectivity index (χ1n) is 5.71. The van der Waals surface area contributed by atoms with E-state index in [2.05, 4.69) is 5.32 Å². The quantitative estimate of drug-likeness (QED) is 0.733. The highest BCUT2D eigenvalue weighted by atomic mass is 16.4. The third-order valence-electron chi connectivity index (χ3n) is 3.24. The van der Waals surface area contributed by atoms with E-state index in [0.717, 1.165) is 12.8 Å². The molecule has 1 rings (SSSR count). The van der Waals surface area contributed by atoms with Crippen LogP contribution in [0.3, 0.4) is 0 Å². The zero-order valence-corrected chi connectivity index (χ0v) is 9.95. The summed E-state index contributed by atoms with van der Waals surface area (Å²) in [5.41, 5.74) is -1.01. The Bertz CT molecular complexity index is 280. The van der Waals surface area contributed by atoms with Gasteiger partial charge in [-0.1, -0.05) is 0 Å². The van der Waals surface area contributed by atoms with E-state index in [1.807, 2.05) is 0 Å². The molecule has 16 heavy (non-hydrogen) atoms. The molecule has 1 atom stereocenters. The number of rotatable bonds is 4. The van der Waals surface area contributed by atoms with Crippen LogP contribution >= 0.6 is 0 Å². The Morgan fingerprint density at radius 3 is 2.69 bits per heavy atom. The molecule has 92 valence electrons. The number of nitrogens with one attached hydrogen (secondary N) is 1. The average Bonchev–Trinajstić information content (AvgIpc) is 2.26. The molecule has 5 heteroatoms. The van der Waals surface area contributed by atoms with Crippen LogP contribution in [0.5, 0.6) is 0 Å². The fraction of sp³-hybridized carbons (Fsp3) is 0.818. The first-order valence-corrected chi connectivity index (χ1v) is 5.71. The van der Waals surface area contributed by atoms with E-state index in [9.17, 15) is 14.7 Å². The lowest BCUT2D eigenvalue weighted by Gasteiger charge is -2.41. The van der Waals surface area contributed by atoms with Crippen LogP contribution in [0.25, 0.3) is 0 Å². The maximum absolute atomic E-state index is 11.9. The monoisotopic (exact) mass is 228 g/mol. The van der Waals surface area contributed by atoms with Crippen molar-refractivity contribution in [3.8, 4) is 0 Å². The van der Waals surface area contributed by atoms with Crippen LogP contribution in [0.2, 0.25) is 0 Å². The van der Waals surface area contributed by atoms with E-state index in [0.29, 0.717) is 25.9 Å². The zero-order chi connectivity index (χ0) is 12.2. The molecule has 2 N–H and O–H groups in total. The minimum atomic E-state index is -1.01. The van der Waals surface area contributed by atoms with Crippen molar-refractivity contribution in [2.75, 3.05) is 20.1 Å². The second kappa shape index (κ2) is 5.30. The summed E-state index contributed by atoms with van der Waals surface area (Å²) in [5, 5.41) is 12.1. The number of piperidine rings is 1. The second-order valence-corrected chi connectivity index (χ2v) is 4.44. The molecular formula is C11H20N2O3. The summed E-state index contributed by atoms with van der Waals surface area (Å²) in [5.74, 6) is -0.969. The van der Waals surface area contributed by atoms with Crippen LogP contribution in [0.4, 0.5) is 0 Å². The summed E-state index contributed by atoms with van der Waals surface area (Å²) in [6.45, 7) is 2.79. The first-order chi connectivity index (χ1) is 7.52. The third kappa shape index (κ3) is 2.52. The molecule has 1 saturated heterocycles. The SMILES string of the molecule is CNCCC(=O)N1CCCCC1(C)C(=O)O. The molecule has 1 aliphatic rings. The van der Waals surface area contributed by atoms with E-state index in [4.69, 9.17) is 0 Å². The van der Waals surface area contributed by atoms with E-state index in [1.54, 1.807) is 14.0 Å². The maximum atomic E-state index is 11.9. The number of carboxylic acid groups (broad SMARTS) is 1. The Labute approximate surface area is 95.8 Å². The number of carboxylic acids is 1. The van der Waals surface area contributed by atoms with Crippen molar-refractivity contribution < 1.29 is 14.7 Å². The first kappa shape index (κ1) is 13.0. The van der Waals surface area contributed by atoms with Crippen LogP contribution in [0, 0.1) is 0 Å². The molecule has 1 fully saturated rings. The number of hydrogen-bond donors (Lipinski definition) is 2. The molecule has 0 aromatic rings. The number of carbonyl (C=O) groups excluding carboxylic acids is 1. The highest BCUT2D eigenvalue weighted by Crippen LogP contribution is 2.28. The van der Waals surface area contributed by atoms with Gasteiger partial charge in [-0.05, 0) is 33.2 Å². The molecule has 1 unspecified atom stereocenters. The maximum Gasteiger partial charge on any atom is 0.329 e. The van der Waals surface area contributed by atoms with Crippen molar-refractivity contribution >= 4 is 11.9 Å². The van der Waals surface area contributed by atoms with E-state index in [1.165, 1.54) is 4.90 Å². The Balaban J connectivity index is 2.74.